The summed E-state index contributed by atoms with van der Waals surface area (Å²) >= 11 is 3.33. The van der Waals surface area contributed by atoms with E-state index in [0.29, 0.717) is 23.1 Å². The quantitative estimate of drug-likeness (QED) is 0.630. The minimum Gasteiger partial charge on any atom is -0.351 e. The molecule has 3 rings (SSSR count). The number of rotatable bonds is 8. The molecule has 0 aliphatic carbocycles. The third kappa shape index (κ3) is 6.37. The van der Waals surface area contributed by atoms with Gasteiger partial charge >= 0.3 is 0 Å². The summed E-state index contributed by atoms with van der Waals surface area (Å²) in [6, 6.07) is 17.4. The highest BCUT2D eigenvalue weighted by Crippen LogP contribution is 2.15. The van der Waals surface area contributed by atoms with Crippen molar-refractivity contribution in [2.24, 2.45) is 0 Å². The van der Waals surface area contributed by atoms with Crippen LogP contribution in [0.15, 0.2) is 59.1 Å². The van der Waals surface area contributed by atoms with Gasteiger partial charge in [-0.15, -0.1) is 0 Å². The Hall–Kier alpha value is -1.74. The number of benzene rings is 2. The summed E-state index contributed by atoms with van der Waals surface area (Å²) in [5.41, 5.74) is 1.79. The molecule has 2 aromatic carbocycles. The van der Waals surface area contributed by atoms with Crippen LogP contribution in [0.1, 0.15) is 15.9 Å². The third-order valence-corrected chi connectivity index (χ3v) is 7.61. The van der Waals surface area contributed by atoms with Gasteiger partial charge in [0.15, 0.2) is 0 Å². The van der Waals surface area contributed by atoms with Crippen LogP contribution >= 0.6 is 15.9 Å². The number of nitrogens with one attached hydrogen (secondary N) is 1. The predicted octanol–water partition coefficient (Wildman–Crippen LogP) is 2.37. The van der Waals surface area contributed by atoms with E-state index in [9.17, 15) is 13.2 Å². The first-order valence-electron chi connectivity index (χ1n) is 9.72. The molecule has 0 radical (unpaired) electrons. The molecular formula is C21H26BrN3O3S. The van der Waals surface area contributed by atoms with Crippen LogP contribution in [0.25, 0.3) is 0 Å². The molecule has 1 fully saturated rings. The molecular weight excluding hydrogens is 454 g/mol. The highest BCUT2D eigenvalue weighted by atomic mass is 79.9. The number of hydrogen-bond acceptors (Lipinski definition) is 4. The molecule has 1 aliphatic heterocycles. The third-order valence-electron chi connectivity index (χ3n) is 5.05. The monoisotopic (exact) mass is 479 g/mol. The number of sulfonamides is 1. The zero-order valence-electron chi connectivity index (χ0n) is 16.3. The lowest BCUT2D eigenvalue weighted by molar-refractivity contribution is 0.0955. The molecule has 2 aromatic rings. The van der Waals surface area contributed by atoms with E-state index < -0.39 is 10.0 Å². The lowest BCUT2D eigenvalue weighted by Gasteiger charge is -2.34. The Morgan fingerprint density at radius 1 is 0.966 bits per heavy atom. The van der Waals surface area contributed by atoms with Crippen LogP contribution in [0.4, 0.5) is 0 Å². The first-order valence-corrected chi connectivity index (χ1v) is 12.1. The Morgan fingerprint density at radius 3 is 2.31 bits per heavy atom. The maximum Gasteiger partial charge on any atom is 0.252 e. The molecule has 1 amide bonds. The van der Waals surface area contributed by atoms with Crippen molar-refractivity contribution in [3.63, 3.8) is 0 Å². The summed E-state index contributed by atoms with van der Waals surface area (Å²) in [7, 11) is -3.38. The summed E-state index contributed by atoms with van der Waals surface area (Å²) in [4.78, 5) is 14.5. The van der Waals surface area contributed by atoms with E-state index in [1.54, 1.807) is 18.2 Å². The van der Waals surface area contributed by atoms with Crippen LogP contribution in [0.5, 0.6) is 0 Å². The van der Waals surface area contributed by atoms with Crippen LogP contribution < -0.4 is 5.32 Å². The van der Waals surface area contributed by atoms with E-state index in [1.807, 2.05) is 24.3 Å². The zero-order valence-corrected chi connectivity index (χ0v) is 18.7. The Bertz CT molecular complexity index is 914. The van der Waals surface area contributed by atoms with Gasteiger partial charge in [0.2, 0.25) is 10.0 Å². The minimum absolute atomic E-state index is 0.0901. The molecule has 1 heterocycles. The fourth-order valence-corrected chi connectivity index (χ4v) is 5.13. The van der Waals surface area contributed by atoms with Crippen molar-refractivity contribution in [3.8, 4) is 0 Å². The standard InChI is InChI=1S/C21H26BrN3O3S/c22-20-9-5-4-8-19(20)21(26)23-11-17-29(27,28)25-15-13-24(14-16-25)12-10-18-6-2-1-3-7-18/h1-9H,10-17H2,(H,23,26). The molecule has 1 N–H and O–H groups in total. The number of piperazine rings is 1. The van der Waals surface area contributed by atoms with Crippen LogP contribution in [-0.4, -0.2) is 68.6 Å². The number of nitrogens with zero attached hydrogens (tertiary/aromatic N) is 2. The average molecular weight is 480 g/mol. The van der Waals surface area contributed by atoms with Crippen molar-refractivity contribution >= 4 is 31.9 Å². The number of amides is 1. The molecule has 156 valence electrons. The first-order chi connectivity index (χ1) is 14.0. The van der Waals surface area contributed by atoms with Gasteiger partial charge in [0, 0.05) is 43.7 Å². The second-order valence-corrected chi connectivity index (χ2v) is 9.97. The molecule has 1 aliphatic rings. The highest BCUT2D eigenvalue weighted by molar-refractivity contribution is 9.10. The van der Waals surface area contributed by atoms with Crippen LogP contribution in [0.3, 0.4) is 0 Å². The van der Waals surface area contributed by atoms with Crippen molar-refractivity contribution in [1.29, 1.82) is 0 Å². The highest BCUT2D eigenvalue weighted by Gasteiger charge is 2.26. The summed E-state index contributed by atoms with van der Waals surface area (Å²) in [5, 5.41) is 2.70. The molecule has 0 spiro atoms. The van der Waals surface area contributed by atoms with Gasteiger partial charge in [0.05, 0.1) is 11.3 Å². The molecule has 29 heavy (non-hydrogen) atoms. The van der Waals surface area contributed by atoms with Crippen LogP contribution in [0, 0.1) is 0 Å². The SMILES string of the molecule is O=C(NCCS(=O)(=O)N1CCN(CCc2ccccc2)CC1)c1ccccc1Br. The molecule has 0 atom stereocenters. The van der Waals surface area contributed by atoms with Crippen molar-refractivity contribution in [1.82, 2.24) is 14.5 Å². The normalized spacial score (nSPS) is 15.9. The number of hydrogen-bond donors (Lipinski definition) is 1. The molecule has 0 unspecified atom stereocenters. The van der Waals surface area contributed by atoms with Gasteiger partial charge in [-0.1, -0.05) is 42.5 Å². The van der Waals surface area contributed by atoms with E-state index in [1.165, 1.54) is 9.87 Å². The average Bonchev–Trinajstić information content (AvgIpc) is 2.73. The number of carbonyl (C=O) groups excluding carboxylic acids is 1. The summed E-state index contributed by atoms with van der Waals surface area (Å²) in [6.07, 6.45) is 0.967. The van der Waals surface area contributed by atoms with E-state index in [-0.39, 0.29) is 18.2 Å². The largest absolute Gasteiger partial charge is 0.351 e. The molecule has 0 saturated carbocycles. The van der Waals surface area contributed by atoms with Gasteiger partial charge in [-0.2, -0.15) is 4.31 Å². The first kappa shape index (κ1) is 22.0. The Morgan fingerprint density at radius 2 is 1.62 bits per heavy atom. The smallest absolute Gasteiger partial charge is 0.252 e. The summed E-state index contributed by atoms with van der Waals surface area (Å²) in [5.74, 6) is -0.369. The fraction of sp³-hybridized carbons (Fsp3) is 0.381. The predicted molar refractivity (Wildman–Crippen MR) is 118 cm³/mol. The molecule has 8 heteroatoms. The summed E-state index contributed by atoms with van der Waals surface area (Å²) < 4.78 is 27.4. The van der Waals surface area contributed by atoms with Crippen LogP contribution in [-0.2, 0) is 16.4 Å². The maximum atomic E-state index is 12.6. The van der Waals surface area contributed by atoms with Crippen molar-refractivity contribution in [2.75, 3.05) is 45.0 Å². The van der Waals surface area contributed by atoms with Gasteiger partial charge in [0.25, 0.3) is 5.91 Å². The van der Waals surface area contributed by atoms with Crippen LogP contribution in [0.2, 0.25) is 0 Å². The second kappa shape index (κ2) is 10.3. The van der Waals surface area contributed by atoms with E-state index in [2.05, 4.69) is 38.3 Å². The van der Waals surface area contributed by atoms with E-state index in [4.69, 9.17) is 0 Å². The second-order valence-electron chi connectivity index (χ2n) is 7.03. The minimum atomic E-state index is -3.38. The van der Waals surface area contributed by atoms with E-state index in [0.717, 1.165) is 26.1 Å². The van der Waals surface area contributed by atoms with E-state index >= 15 is 0 Å². The molecule has 1 saturated heterocycles. The van der Waals surface area contributed by atoms with Gasteiger partial charge in [-0.05, 0) is 40.0 Å². The molecule has 0 aromatic heterocycles. The van der Waals surface area contributed by atoms with Gasteiger partial charge < -0.3 is 10.2 Å². The van der Waals surface area contributed by atoms with Crippen molar-refractivity contribution in [3.05, 3.63) is 70.2 Å². The molecule has 0 bridgehead atoms. The lowest BCUT2D eigenvalue weighted by Crippen LogP contribution is -2.50. The topological polar surface area (TPSA) is 69.7 Å². The van der Waals surface area contributed by atoms with Crippen molar-refractivity contribution in [2.45, 2.75) is 6.42 Å². The number of halogens is 1. The summed E-state index contributed by atoms with van der Waals surface area (Å²) in [6.45, 7) is 3.48. The lowest BCUT2D eigenvalue weighted by atomic mass is 10.1. The van der Waals surface area contributed by atoms with Gasteiger partial charge in [-0.25, -0.2) is 8.42 Å². The van der Waals surface area contributed by atoms with Crippen molar-refractivity contribution < 1.29 is 13.2 Å². The maximum absolute atomic E-state index is 12.6. The molecule has 6 nitrogen and oxygen atoms in total. The Balaban J connectivity index is 1.41. The zero-order chi connectivity index (χ0) is 20.7. The number of carbonyl (C=O) groups is 1. The van der Waals surface area contributed by atoms with Gasteiger partial charge in [-0.3, -0.25) is 4.79 Å². The van der Waals surface area contributed by atoms with Gasteiger partial charge in [0.1, 0.15) is 0 Å². The Labute approximate surface area is 181 Å². The fourth-order valence-electron chi connectivity index (χ4n) is 3.33. The Kier molecular flexibility index (Phi) is 7.83.